The number of hydrogen-bond acceptors (Lipinski definition) is 4. The molecule has 0 aliphatic heterocycles. The normalized spacial score (nSPS) is 12.2. The fraction of sp³-hybridized carbons (Fsp3) is 0.300. The molecule has 0 aliphatic carbocycles. The van der Waals surface area contributed by atoms with E-state index < -0.39 is 34.4 Å². The zero-order chi connectivity index (χ0) is 23.3. The van der Waals surface area contributed by atoms with E-state index in [-0.39, 0.29) is 6.54 Å². The molecule has 31 heavy (non-hydrogen) atoms. The van der Waals surface area contributed by atoms with Crippen LogP contribution in [0.4, 0.5) is 5.69 Å². The third-order valence-electron chi connectivity index (χ3n) is 4.54. The topological polar surface area (TPSA) is 86.8 Å². The summed E-state index contributed by atoms with van der Waals surface area (Å²) >= 11 is 15.5. The number of nitrogens with zero attached hydrogens (tertiary/aromatic N) is 2. The average Bonchev–Trinajstić information content (AvgIpc) is 2.69. The number of likely N-dealkylation sites (N-methyl/N-ethyl adjacent to an activating group) is 1. The Hall–Kier alpha value is -1.81. The molecule has 0 bridgehead atoms. The van der Waals surface area contributed by atoms with Gasteiger partial charge in [0.05, 0.1) is 11.9 Å². The minimum absolute atomic E-state index is 0.000488. The van der Waals surface area contributed by atoms with Crippen LogP contribution >= 0.6 is 39.1 Å². The lowest BCUT2D eigenvalue weighted by atomic mass is 10.1. The van der Waals surface area contributed by atoms with Gasteiger partial charge in [0, 0.05) is 28.1 Å². The molecule has 2 amide bonds. The van der Waals surface area contributed by atoms with Crippen LogP contribution in [0.2, 0.25) is 10.0 Å². The zero-order valence-electron chi connectivity index (χ0n) is 17.1. The van der Waals surface area contributed by atoms with Crippen molar-refractivity contribution in [2.75, 3.05) is 24.2 Å². The van der Waals surface area contributed by atoms with Crippen LogP contribution in [0.1, 0.15) is 12.5 Å². The van der Waals surface area contributed by atoms with Crippen LogP contribution < -0.4 is 9.62 Å². The number of carbonyl (C=O) groups excluding carboxylic acids is 2. The quantitative estimate of drug-likeness (QED) is 0.543. The Balaban J connectivity index is 2.41. The molecule has 0 radical (unpaired) electrons. The third kappa shape index (κ3) is 6.83. The second-order valence-corrected chi connectivity index (χ2v) is 10.5. The van der Waals surface area contributed by atoms with Gasteiger partial charge in [-0.25, -0.2) is 8.42 Å². The van der Waals surface area contributed by atoms with E-state index in [2.05, 4.69) is 21.2 Å². The SMILES string of the molecule is CNC(=O)[C@@H](C)N(Cc1ccc(Cl)cc1Cl)C(=O)CN(c1cccc(Br)c1)S(C)(=O)=O. The summed E-state index contributed by atoms with van der Waals surface area (Å²) in [6, 6.07) is 10.5. The Bertz CT molecular complexity index is 1080. The summed E-state index contributed by atoms with van der Waals surface area (Å²) in [6.45, 7) is 1.08. The van der Waals surface area contributed by atoms with Gasteiger partial charge in [0.2, 0.25) is 21.8 Å². The molecule has 0 unspecified atom stereocenters. The van der Waals surface area contributed by atoms with Crippen LogP contribution in [0.15, 0.2) is 46.9 Å². The minimum atomic E-state index is -3.78. The summed E-state index contributed by atoms with van der Waals surface area (Å²) in [6.07, 6.45) is 1.02. The fourth-order valence-corrected chi connectivity index (χ4v) is 4.57. The highest BCUT2D eigenvalue weighted by molar-refractivity contribution is 9.10. The van der Waals surface area contributed by atoms with Gasteiger partial charge in [-0.1, -0.05) is 51.3 Å². The molecule has 1 atom stereocenters. The van der Waals surface area contributed by atoms with E-state index in [9.17, 15) is 18.0 Å². The summed E-state index contributed by atoms with van der Waals surface area (Å²) in [5, 5.41) is 3.28. The lowest BCUT2D eigenvalue weighted by molar-refractivity contribution is -0.139. The van der Waals surface area contributed by atoms with E-state index in [0.29, 0.717) is 25.8 Å². The highest BCUT2D eigenvalue weighted by Crippen LogP contribution is 2.25. The standard InChI is InChI=1S/C20H22BrCl2N3O4S/c1-13(20(28)24-2)25(11-14-7-8-16(22)10-18(14)23)19(27)12-26(31(3,29)30)17-6-4-5-15(21)9-17/h4-10,13H,11-12H2,1-3H3,(H,24,28)/t13-/m1/s1. The first-order valence-electron chi connectivity index (χ1n) is 9.12. The van der Waals surface area contributed by atoms with Gasteiger partial charge < -0.3 is 10.2 Å². The summed E-state index contributed by atoms with van der Waals surface area (Å²) in [5.41, 5.74) is 0.894. The van der Waals surface area contributed by atoms with Crippen LogP contribution in [-0.2, 0) is 26.2 Å². The molecule has 2 aromatic rings. The van der Waals surface area contributed by atoms with Gasteiger partial charge in [-0.2, -0.15) is 0 Å². The van der Waals surface area contributed by atoms with Crippen LogP contribution in [0.5, 0.6) is 0 Å². The van der Waals surface area contributed by atoms with Gasteiger partial charge >= 0.3 is 0 Å². The molecule has 0 aliphatic rings. The molecule has 11 heteroatoms. The smallest absolute Gasteiger partial charge is 0.244 e. The van der Waals surface area contributed by atoms with Crippen LogP contribution in [0, 0.1) is 0 Å². The van der Waals surface area contributed by atoms with Gasteiger partial charge in [-0.15, -0.1) is 0 Å². The highest BCUT2D eigenvalue weighted by atomic mass is 79.9. The number of rotatable bonds is 8. The van der Waals surface area contributed by atoms with Gasteiger partial charge in [0.25, 0.3) is 0 Å². The maximum Gasteiger partial charge on any atom is 0.244 e. The van der Waals surface area contributed by atoms with Crippen molar-refractivity contribution in [3.63, 3.8) is 0 Å². The van der Waals surface area contributed by atoms with Crippen molar-refractivity contribution < 1.29 is 18.0 Å². The number of nitrogens with one attached hydrogen (secondary N) is 1. The molecular weight excluding hydrogens is 529 g/mol. The van der Waals surface area contributed by atoms with E-state index in [1.54, 1.807) is 43.3 Å². The molecule has 0 saturated carbocycles. The van der Waals surface area contributed by atoms with Crippen molar-refractivity contribution in [3.05, 3.63) is 62.5 Å². The van der Waals surface area contributed by atoms with Gasteiger partial charge in [-0.3, -0.25) is 13.9 Å². The molecule has 0 saturated heterocycles. The molecule has 168 valence electrons. The first-order valence-corrected chi connectivity index (χ1v) is 12.5. The van der Waals surface area contributed by atoms with E-state index >= 15 is 0 Å². The molecule has 0 spiro atoms. The first kappa shape index (κ1) is 25.5. The Morgan fingerprint density at radius 1 is 1.16 bits per heavy atom. The summed E-state index contributed by atoms with van der Waals surface area (Å²) < 4.78 is 26.5. The van der Waals surface area contributed by atoms with Crippen LogP contribution in [0.3, 0.4) is 0 Å². The first-order chi connectivity index (χ1) is 14.4. The van der Waals surface area contributed by atoms with Gasteiger partial charge in [-0.05, 0) is 42.8 Å². The second-order valence-electron chi connectivity index (χ2n) is 6.80. The van der Waals surface area contributed by atoms with Crippen molar-refractivity contribution in [1.82, 2.24) is 10.2 Å². The van der Waals surface area contributed by atoms with Crippen LogP contribution in [-0.4, -0.2) is 51.0 Å². The molecule has 2 aromatic carbocycles. The van der Waals surface area contributed by atoms with E-state index in [1.807, 2.05) is 0 Å². The number of benzene rings is 2. The molecule has 2 rings (SSSR count). The van der Waals surface area contributed by atoms with E-state index in [4.69, 9.17) is 23.2 Å². The average molecular weight is 551 g/mol. The molecule has 0 aromatic heterocycles. The third-order valence-corrected chi connectivity index (χ3v) is 6.77. The van der Waals surface area contributed by atoms with E-state index in [1.165, 1.54) is 18.0 Å². The molecule has 0 fully saturated rings. The number of halogens is 3. The number of hydrogen-bond donors (Lipinski definition) is 1. The van der Waals surface area contributed by atoms with Crippen molar-refractivity contribution in [1.29, 1.82) is 0 Å². The predicted molar refractivity (Wildman–Crippen MR) is 127 cm³/mol. The number of anilines is 1. The molecule has 7 nitrogen and oxygen atoms in total. The fourth-order valence-electron chi connectivity index (χ4n) is 2.87. The number of carbonyl (C=O) groups is 2. The second kappa shape index (κ2) is 10.7. The molecule has 0 heterocycles. The Morgan fingerprint density at radius 2 is 1.84 bits per heavy atom. The van der Waals surface area contributed by atoms with Crippen molar-refractivity contribution in [2.45, 2.75) is 19.5 Å². The zero-order valence-corrected chi connectivity index (χ0v) is 21.0. The summed E-state index contributed by atoms with van der Waals surface area (Å²) in [7, 11) is -2.32. The van der Waals surface area contributed by atoms with Crippen LogP contribution in [0.25, 0.3) is 0 Å². The largest absolute Gasteiger partial charge is 0.357 e. The lowest BCUT2D eigenvalue weighted by Gasteiger charge is -2.31. The predicted octanol–water partition coefficient (Wildman–Crippen LogP) is 3.69. The minimum Gasteiger partial charge on any atom is -0.357 e. The Morgan fingerprint density at radius 3 is 2.39 bits per heavy atom. The van der Waals surface area contributed by atoms with Gasteiger partial charge in [0.1, 0.15) is 12.6 Å². The molecular formula is C20H22BrCl2N3O4S. The van der Waals surface area contributed by atoms with Crippen molar-refractivity contribution in [2.24, 2.45) is 0 Å². The summed E-state index contributed by atoms with van der Waals surface area (Å²) in [5.74, 6) is -0.959. The summed E-state index contributed by atoms with van der Waals surface area (Å²) in [4.78, 5) is 26.8. The van der Waals surface area contributed by atoms with Crippen molar-refractivity contribution in [3.8, 4) is 0 Å². The van der Waals surface area contributed by atoms with Gasteiger partial charge in [0.15, 0.2) is 0 Å². The maximum absolute atomic E-state index is 13.3. The monoisotopic (exact) mass is 549 g/mol. The Labute approximate surface area is 200 Å². The van der Waals surface area contributed by atoms with E-state index in [0.717, 1.165) is 10.6 Å². The maximum atomic E-state index is 13.3. The number of amides is 2. The highest BCUT2D eigenvalue weighted by Gasteiger charge is 2.30. The lowest BCUT2D eigenvalue weighted by Crippen LogP contribution is -2.50. The number of sulfonamides is 1. The Kier molecular flexibility index (Phi) is 8.76. The molecule has 1 N–H and O–H groups in total. The van der Waals surface area contributed by atoms with Crippen molar-refractivity contribution >= 4 is 66.7 Å².